The van der Waals surface area contributed by atoms with Gasteiger partial charge >= 0.3 is 0 Å². The summed E-state index contributed by atoms with van der Waals surface area (Å²) in [6, 6.07) is 0. The molecule has 0 saturated carbocycles. The molecule has 6 nitrogen and oxygen atoms in total. The number of guanidine groups is 1. The smallest absolute Gasteiger partial charge is 0.191 e. The number of aryl methyl sites for hydroxylation is 1. The molecular weight excluding hydrogens is 276 g/mol. The Morgan fingerprint density at radius 2 is 2.09 bits per heavy atom. The number of hydrogen-bond donors (Lipinski definition) is 2. The van der Waals surface area contributed by atoms with Crippen molar-refractivity contribution in [2.75, 3.05) is 19.6 Å². The third-order valence-corrected chi connectivity index (χ3v) is 3.95. The number of hydrogen-bond acceptors (Lipinski definition) is 3. The minimum absolute atomic E-state index is 0.843. The van der Waals surface area contributed by atoms with E-state index < -0.39 is 0 Å². The molecule has 0 amide bonds. The third-order valence-electron chi connectivity index (χ3n) is 3.95. The van der Waals surface area contributed by atoms with E-state index in [-0.39, 0.29) is 0 Å². The number of fused-ring (bicyclic) bond motifs is 1. The Morgan fingerprint density at radius 3 is 2.91 bits per heavy atom. The van der Waals surface area contributed by atoms with Gasteiger partial charge in [-0.25, -0.2) is 0 Å². The minimum atomic E-state index is 0.843. The van der Waals surface area contributed by atoms with Crippen LogP contribution in [0.25, 0.3) is 0 Å². The first-order valence-corrected chi connectivity index (χ1v) is 8.78. The number of aromatic nitrogens is 3. The minimum Gasteiger partial charge on any atom is -0.357 e. The first-order valence-electron chi connectivity index (χ1n) is 8.78. The van der Waals surface area contributed by atoms with E-state index in [1.54, 1.807) is 0 Å². The van der Waals surface area contributed by atoms with Crippen LogP contribution in [0, 0.1) is 0 Å². The predicted molar refractivity (Wildman–Crippen MR) is 90.2 cm³/mol. The van der Waals surface area contributed by atoms with Crippen molar-refractivity contribution in [2.24, 2.45) is 4.99 Å². The van der Waals surface area contributed by atoms with Gasteiger partial charge in [0, 0.05) is 39.0 Å². The second-order valence-electron chi connectivity index (χ2n) is 5.79. The molecule has 1 aromatic heterocycles. The molecule has 6 heteroatoms. The molecule has 124 valence electrons. The van der Waals surface area contributed by atoms with Gasteiger partial charge in [0.2, 0.25) is 0 Å². The van der Waals surface area contributed by atoms with Crippen molar-refractivity contribution in [2.45, 2.75) is 65.3 Å². The van der Waals surface area contributed by atoms with E-state index in [0.717, 1.165) is 63.0 Å². The van der Waals surface area contributed by atoms with E-state index in [2.05, 4.69) is 44.2 Å². The maximum Gasteiger partial charge on any atom is 0.191 e. The Balaban J connectivity index is 1.84. The first kappa shape index (κ1) is 16.8. The van der Waals surface area contributed by atoms with Crippen LogP contribution in [0.1, 0.15) is 57.6 Å². The van der Waals surface area contributed by atoms with E-state index in [1.165, 1.54) is 25.7 Å². The van der Waals surface area contributed by atoms with Crippen LogP contribution in [0.5, 0.6) is 0 Å². The monoisotopic (exact) mass is 306 g/mol. The highest BCUT2D eigenvalue weighted by Gasteiger charge is 2.14. The summed E-state index contributed by atoms with van der Waals surface area (Å²) >= 11 is 0. The largest absolute Gasteiger partial charge is 0.357 e. The molecule has 0 spiro atoms. The molecule has 2 heterocycles. The zero-order chi connectivity index (χ0) is 15.6. The molecule has 0 radical (unpaired) electrons. The molecule has 0 fully saturated rings. The zero-order valence-corrected chi connectivity index (χ0v) is 14.1. The summed E-state index contributed by atoms with van der Waals surface area (Å²) in [6.45, 7) is 7.96. The molecule has 1 aliphatic rings. The van der Waals surface area contributed by atoms with Gasteiger partial charge in [0.05, 0.1) is 0 Å². The van der Waals surface area contributed by atoms with E-state index in [4.69, 9.17) is 0 Å². The number of nitrogens with one attached hydrogen (secondary N) is 2. The van der Waals surface area contributed by atoms with Crippen LogP contribution in [-0.2, 0) is 19.4 Å². The van der Waals surface area contributed by atoms with Gasteiger partial charge in [-0.2, -0.15) is 0 Å². The van der Waals surface area contributed by atoms with E-state index >= 15 is 0 Å². The number of unbranched alkanes of at least 4 members (excludes halogenated alkanes) is 1. The van der Waals surface area contributed by atoms with Crippen molar-refractivity contribution < 1.29 is 0 Å². The Kier molecular flexibility index (Phi) is 7.19. The maximum atomic E-state index is 4.58. The van der Waals surface area contributed by atoms with Gasteiger partial charge in [-0.15, -0.1) is 10.2 Å². The predicted octanol–water partition coefficient (Wildman–Crippen LogP) is 1.90. The number of rotatable bonds is 7. The second kappa shape index (κ2) is 9.43. The summed E-state index contributed by atoms with van der Waals surface area (Å²) in [7, 11) is 0. The highest BCUT2D eigenvalue weighted by atomic mass is 15.3. The highest BCUT2D eigenvalue weighted by molar-refractivity contribution is 5.79. The van der Waals surface area contributed by atoms with Gasteiger partial charge in [-0.3, -0.25) is 4.99 Å². The number of aliphatic imine (C=N–C) groups is 1. The van der Waals surface area contributed by atoms with Crippen molar-refractivity contribution >= 4 is 5.96 Å². The van der Waals surface area contributed by atoms with Gasteiger partial charge in [0.1, 0.15) is 11.6 Å². The van der Waals surface area contributed by atoms with E-state index in [9.17, 15) is 0 Å². The van der Waals surface area contributed by atoms with Crippen molar-refractivity contribution in [3.8, 4) is 0 Å². The molecule has 0 saturated heterocycles. The quantitative estimate of drug-likeness (QED) is 0.459. The number of nitrogens with zero attached hydrogens (tertiary/aromatic N) is 4. The highest BCUT2D eigenvalue weighted by Crippen LogP contribution is 2.14. The molecule has 0 atom stereocenters. The van der Waals surface area contributed by atoms with Crippen molar-refractivity contribution in [3.63, 3.8) is 0 Å². The Hall–Kier alpha value is -1.59. The average molecular weight is 306 g/mol. The third kappa shape index (κ3) is 5.00. The lowest BCUT2D eigenvalue weighted by atomic mass is 10.2. The van der Waals surface area contributed by atoms with E-state index in [1.807, 2.05) is 0 Å². The first-order chi connectivity index (χ1) is 10.8. The SMILES string of the molecule is CCCCN=C(NCC)NCCc1nnc2n1CCCCC2. The molecule has 0 unspecified atom stereocenters. The Bertz CT molecular complexity index is 465. The van der Waals surface area contributed by atoms with Crippen LogP contribution in [0.15, 0.2) is 4.99 Å². The van der Waals surface area contributed by atoms with Crippen molar-refractivity contribution in [1.29, 1.82) is 0 Å². The van der Waals surface area contributed by atoms with Crippen LogP contribution in [0.3, 0.4) is 0 Å². The van der Waals surface area contributed by atoms with Crippen molar-refractivity contribution in [3.05, 3.63) is 11.6 Å². The fourth-order valence-electron chi connectivity index (χ4n) is 2.71. The van der Waals surface area contributed by atoms with Gasteiger partial charge in [0.25, 0.3) is 0 Å². The zero-order valence-electron chi connectivity index (χ0n) is 14.1. The van der Waals surface area contributed by atoms with Gasteiger partial charge < -0.3 is 15.2 Å². The summed E-state index contributed by atoms with van der Waals surface area (Å²) in [4.78, 5) is 4.58. The molecule has 22 heavy (non-hydrogen) atoms. The van der Waals surface area contributed by atoms with Crippen LogP contribution in [0.2, 0.25) is 0 Å². The normalized spacial score (nSPS) is 15.3. The molecular formula is C16H30N6. The second-order valence-corrected chi connectivity index (χ2v) is 5.79. The summed E-state index contributed by atoms with van der Waals surface area (Å²) < 4.78 is 2.32. The van der Waals surface area contributed by atoms with Crippen LogP contribution < -0.4 is 10.6 Å². The maximum absolute atomic E-state index is 4.58. The standard InChI is InChI=1S/C16H30N6/c1-3-5-11-18-16(17-4-2)19-12-10-15-21-20-14-9-7-6-8-13-22(14)15/h3-13H2,1-2H3,(H2,17,18,19). The van der Waals surface area contributed by atoms with Gasteiger partial charge in [-0.1, -0.05) is 19.8 Å². The summed E-state index contributed by atoms with van der Waals surface area (Å²) in [5.41, 5.74) is 0. The molecule has 2 N–H and O–H groups in total. The molecule has 0 aromatic carbocycles. The molecule has 0 aliphatic carbocycles. The summed E-state index contributed by atoms with van der Waals surface area (Å²) in [5.74, 6) is 3.18. The fourth-order valence-corrected chi connectivity index (χ4v) is 2.71. The van der Waals surface area contributed by atoms with Crippen LogP contribution >= 0.6 is 0 Å². The lowest BCUT2D eigenvalue weighted by Gasteiger charge is -2.11. The van der Waals surface area contributed by atoms with Gasteiger partial charge in [-0.05, 0) is 26.2 Å². The lowest BCUT2D eigenvalue weighted by Crippen LogP contribution is -2.38. The van der Waals surface area contributed by atoms with Crippen LogP contribution in [0.4, 0.5) is 0 Å². The molecule has 2 rings (SSSR count). The Labute approximate surface area is 133 Å². The Morgan fingerprint density at radius 1 is 1.18 bits per heavy atom. The average Bonchev–Trinajstić information content (AvgIpc) is 2.75. The van der Waals surface area contributed by atoms with E-state index in [0.29, 0.717) is 0 Å². The molecule has 1 aromatic rings. The van der Waals surface area contributed by atoms with Crippen molar-refractivity contribution in [1.82, 2.24) is 25.4 Å². The molecule has 1 aliphatic heterocycles. The van der Waals surface area contributed by atoms with Crippen LogP contribution in [-0.4, -0.2) is 40.4 Å². The molecule has 0 bridgehead atoms. The summed E-state index contributed by atoms with van der Waals surface area (Å²) in [5, 5.41) is 15.4. The topological polar surface area (TPSA) is 67.1 Å². The lowest BCUT2D eigenvalue weighted by molar-refractivity contribution is 0.600. The van der Waals surface area contributed by atoms with Gasteiger partial charge in [0.15, 0.2) is 5.96 Å². The fraction of sp³-hybridized carbons (Fsp3) is 0.812. The summed E-state index contributed by atoms with van der Waals surface area (Å²) in [6.07, 6.45) is 8.06.